The average Bonchev–Trinajstić information content (AvgIpc) is 3.25. The van der Waals surface area contributed by atoms with E-state index in [1.807, 2.05) is 48.5 Å². The van der Waals surface area contributed by atoms with E-state index in [0.29, 0.717) is 6.54 Å². The molecule has 0 amide bonds. The first-order chi connectivity index (χ1) is 16.0. The zero-order valence-corrected chi connectivity index (χ0v) is 18.5. The summed E-state index contributed by atoms with van der Waals surface area (Å²) < 4.78 is 0. The molecule has 0 fully saturated rings. The van der Waals surface area contributed by atoms with Crippen molar-refractivity contribution in [3.05, 3.63) is 107 Å². The van der Waals surface area contributed by atoms with Gasteiger partial charge in [0.2, 0.25) is 0 Å². The minimum Gasteiger partial charge on any atom is -0.480 e. The van der Waals surface area contributed by atoms with Crippen LogP contribution >= 0.6 is 0 Å². The lowest BCUT2D eigenvalue weighted by Crippen LogP contribution is -2.27. The van der Waals surface area contributed by atoms with Crippen LogP contribution in [0.2, 0.25) is 0 Å². The summed E-state index contributed by atoms with van der Waals surface area (Å²) in [5, 5.41) is 23.3. The summed E-state index contributed by atoms with van der Waals surface area (Å²) in [6.45, 7) is 0.634. The Morgan fingerprint density at radius 3 is 1.91 bits per heavy atom. The van der Waals surface area contributed by atoms with Crippen molar-refractivity contribution in [2.45, 2.75) is 24.8 Å². The number of rotatable bonds is 9. The van der Waals surface area contributed by atoms with E-state index in [1.165, 1.54) is 22.3 Å². The molecule has 0 spiro atoms. The first-order valence-electron chi connectivity index (χ1n) is 11.1. The lowest BCUT2D eigenvalue weighted by atomic mass is 9.91. The fourth-order valence-corrected chi connectivity index (χ4v) is 4.10. The van der Waals surface area contributed by atoms with Crippen molar-refractivity contribution in [3.8, 4) is 0 Å². The molecule has 0 aromatic heterocycles. The Balaban J connectivity index is 0.000000194. The van der Waals surface area contributed by atoms with E-state index < -0.39 is 11.9 Å². The van der Waals surface area contributed by atoms with Gasteiger partial charge in [0.25, 0.3) is 0 Å². The number of nitrogens with one attached hydrogen (secondary N) is 2. The molecule has 3 aromatic rings. The van der Waals surface area contributed by atoms with Gasteiger partial charge < -0.3 is 20.8 Å². The molecule has 0 radical (unpaired) electrons. The second kappa shape index (κ2) is 12.5. The molecule has 1 aliphatic carbocycles. The molecule has 1 atom stereocenters. The Labute approximate surface area is 194 Å². The molecule has 1 aliphatic rings. The third-order valence-corrected chi connectivity index (χ3v) is 5.66. The zero-order valence-electron chi connectivity index (χ0n) is 18.5. The SMILES string of the molecule is O=C(O)CNC1CCc2ccccc21.O=C(O)CNCC(c1ccccc1)c1ccccc1. The van der Waals surface area contributed by atoms with Crippen molar-refractivity contribution in [1.29, 1.82) is 0 Å². The Hall–Kier alpha value is -3.48. The highest BCUT2D eigenvalue weighted by atomic mass is 16.4. The number of fused-ring (bicyclic) bond motifs is 1. The normalized spacial score (nSPS) is 14.3. The van der Waals surface area contributed by atoms with Gasteiger partial charge in [-0.3, -0.25) is 9.59 Å². The van der Waals surface area contributed by atoms with Gasteiger partial charge in [-0.05, 0) is 35.1 Å². The summed E-state index contributed by atoms with van der Waals surface area (Å²) in [5.41, 5.74) is 4.97. The van der Waals surface area contributed by atoms with Crippen LogP contribution in [0.5, 0.6) is 0 Å². The maximum atomic E-state index is 10.6. The van der Waals surface area contributed by atoms with Gasteiger partial charge in [-0.1, -0.05) is 84.9 Å². The maximum Gasteiger partial charge on any atom is 0.317 e. The van der Waals surface area contributed by atoms with Crippen LogP contribution in [-0.4, -0.2) is 41.8 Å². The van der Waals surface area contributed by atoms with Crippen LogP contribution in [0.25, 0.3) is 0 Å². The molecule has 4 N–H and O–H groups in total. The highest BCUT2D eigenvalue weighted by Crippen LogP contribution is 2.30. The summed E-state index contributed by atoms with van der Waals surface area (Å²) >= 11 is 0. The minimum atomic E-state index is -0.833. The first kappa shape index (κ1) is 24.2. The largest absolute Gasteiger partial charge is 0.480 e. The summed E-state index contributed by atoms with van der Waals surface area (Å²) in [6.07, 6.45) is 2.06. The maximum absolute atomic E-state index is 10.6. The van der Waals surface area contributed by atoms with E-state index in [9.17, 15) is 9.59 Å². The molecule has 0 saturated carbocycles. The van der Waals surface area contributed by atoms with Crippen molar-refractivity contribution in [1.82, 2.24) is 10.6 Å². The van der Waals surface area contributed by atoms with Crippen LogP contribution in [0.15, 0.2) is 84.9 Å². The number of hydrogen-bond acceptors (Lipinski definition) is 4. The Bertz CT molecular complexity index is 985. The van der Waals surface area contributed by atoms with E-state index in [0.717, 1.165) is 12.8 Å². The van der Waals surface area contributed by atoms with Crippen molar-refractivity contribution in [2.24, 2.45) is 0 Å². The van der Waals surface area contributed by atoms with Crippen LogP contribution in [0.3, 0.4) is 0 Å². The van der Waals surface area contributed by atoms with Crippen LogP contribution in [0.1, 0.15) is 40.6 Å². The van der Waals surface area contributed by atoms with Crippen LogP contribution < -0.4 is 10.6 Å². The lowest BCUT2D eigenvalue weighted by molar-refractivity contribution is -0.137. The van der Waals surface area contributed by atoms with E-state index >= 15 is 0 Å². The number of carboxylic acids is 2. The molecule has 0 bridgehead atoms. The predicted octanol–water partition coefficient (Wildman–Crippen LogP) is 3.84. The number of aliphatic carboxylic acids is 2. The molecule has 172 valence electrons. The second-order valence-corrected chi connectivity index (χ2v) is 7.96. The third kappa shape index (κ3) is 7.56. The quantitative estimate of drug-likeness (QED) is 0.399. The molecule has 0 heterocycles. The molecule has 4 rings (SSSR count). The number of hydrogen-bond donors (Lipinski definition) is 4. The summed E-state index contributed by atoms with van der Waals surface area (Å²) in [4.78, 5) is 21.0. The topological polar surface area (TPSA) is 98.7 Å². The molecule has 3 aromatic carbocycles. The molecule has 0 aliphatic heterocycles. The van der Waals surface area contributed by atoms with Crippen molar-refractivity contribution in [3.63, 3.8) is 0 Å². The monoisotopic (exact) mass is 446 g/mol. The summed E-state index contributed by atoms with van der Waals surface area (Å²) in [6, 6.07) is 28.7. The Morgan fingerprint density at radius 1 is 0.788 bits per heavy atom. The van der Waals surface area contributed by atoms with Gasteiger partial charge in [0.15, 0.2) is 0 Å². The Kier molecular flexibility index (Phi) is 9.18. The molecule has 1 unspecified atom stereocenters. The van der Waals surface area contributed by atoms with Gasteiger partial charge >= 0.3 is 11.9 Å². The first-order valence-corrected chi connectivity index (χ1v) is 11.1. The van der Waals surface area contributed by atoms with Gasteiger partial charge in [0.05, 0.1) is 13.1 Å². The third-order valence-electron chi connectivity index (χ3n) is 5.66. The highest BCUT2D eigenvalue weighted by molar-refractivity contribution is 5.69. The predicted molar refractivity (Wildman–Crippen MR) is 128 cm³/mol. The molecular formula is C27H30N2O4. The summed E-state index contributed by atoms with van der Waals surface area (Å²) in [7, 11) is 0. The standard InChI is InChI=1S/C16H17NO2.C11H13NO2/c18-16(19)12-17-11-15(13-7-3-1-4-8-13)14-9-5-2-6-10-14;13-11(14)7-12-10-6-5-8-3-1-2-4-9(8)10/h1-10,15,17H,11-12H2,(H,18,19);1-4,10,12H,5-7H2,(H,13,14). The van der Waals surface area contributed by atoms with Crippen LogP contribution in [0, 0.1) is 0 Å². The Morgan fingerprint density at radius 2 is 1.33 bits per heavy atom. The highest BCUT2D eigenvalue weighted by Gasteiger charge is 2.21. The average molecular weight is 447 g/mol. The van der Waals surface area contributed by atoms with Gasteiger partial charge in [0, 0.05) is 18.5 Å². The molecule has 0 saturated heterocycles. The fourth-order valence-electron chi connectivity index (χ4n) is 4.10. The van der Waals surface area contributed by atoms with E-state index in [4.69, 9.17) is 10.2 Å². The minimum absolute atomic E-state index is 0.0177. The number of benzene rings is 3. The summed E-state index contributed by atoms with van der Waals surface area (Å²) in [5.74, 6) is -1.46. The molecule has 6 nitrogen and oxygen atoms in total. The van der Waals surface area contributed by atoms with E-state index in [1.54, 1.807) is 0 Å². The number of carbonyl (C=O) groups is 2. The van der Waals surface area contributed by atoms with Crippen LogP contribution in [0.4, 0.5) is 0 Å². The zero-order chi connectivity index (χ0) is 23.5. The smallest absolute Gasteiger partial charge is 0.317 e. The van der Waals surface area contributed by atoms with Crippen molar-refractivity contribution in [2.75, 3.05) is 19.6 Å². The number of aryl methyl sites for hydroxylation is 1. The number of carboxylic acid groups (broad SMARTS) is 2. The van der Waals surface area contributed by atoms with Gasteiger partial charge in [-0.2, -0.15) is 0 Å². The van der Waals surface area contributed by atoms with E-state index in [2.05, 4.69) is 47.0 Å². The van der Waals surface area contributed by atoms with Crippen molar-refractivity contribution >= 4 is 11.9 Å². The fraction of sp³-hybridized carbons (Fsp3) is 0.259. The lowest BCUT2D eigenvalue weighted by Gasteiger charge is -2.18. The van der Waals surface area contributed by atoms with Gasteiger partial charge in [-0.15, -0.1) is 0 Å². The van der Waals surface area contributed by atoms with Gasteiger partial charge in [-0.25, -0.2) is 0 Å². The molecule has 6 heteroatoms. The molecular weight excluding hydrogens is 416 g/mol. The van der Waals surface area contributed by atoms with Gasteiger partial charge in [0.1, 0.15) is 0 Å². The second-order valence-electron chi connectivity index (χ2n) is 7.96. The van der Waals surface area contributed by atoms with E-state index in [-0.39, 0.29) is 25.0 Å². The van der Waals surface area contributed by atoms with Crippen LogP contribution in [-0.2, 0) is 16.0 Å². The molecule has 33 heavy (non-hydrogen) atoms. The van der Waals surface area contributed by atoms with Crippen molar-refractivity contribution < 1.29 is 19.8 Å².